The molecule has 0 spiro atoms. The number of amides is 1. The van der Waals surface area contributed by atoms with Crippen LogP contribution in [0.5, 0.6) is 0 Å². The van der Waals surface area contributed by atoms with Crippen molar-refractivity contribution in [2.24, 2.45) is 11.7 Å². The smallest absolute Gasteiger partial charge is 0.236 e. The summed E-state index contributed by atoms with van der Waals surface area (Å²) < 4.78 is 1.59. The first-order valence-corrected chi connectivity index (χ1v) is 3.77. The Morgan fingerprint density at radius 2 is 2.30 bits per heavy atom. The summed E-state index contributed by atoms with van der Waals surface area (Å²) in [6.07, 6.45) is 2.01. The van der Waals surface area contributed by atoms with Crippen molar-refractivity contribution in [3.63, 3.8) is 0 Å². The Kier molecular flexibility index (Phi) is 1.20. The van der Waals surface area contributed by atoms with E-state index in [-0.39, 0.29) is 11.9 Å². The molecule has 3 atom stereocenters. The van der Waals surface area contributed by atoms with Gasteiger partial charge in [0, 0.05) is 6.04 Å². The highest BCUT2D eigenvalue weighted by atomic mass is 35.5. The number of primary amides is 1. The van der Waals surface area contributed by atoms with Gasteiger partial charge in [-0.05, 0) is 30.5 Å². The van der Waals surface area contributed by atoms with Crippen LogP contribution in [-0.4, -0.2) is 22.4 Å². The zero-order valence-electron chi connectivity index (χ0n) is 5.46. The average Bonchev–Trinajstić information content (AvgIpc) is 2.54. The summed E-state index contributed by atoms with van der Waals surface area (Å²) in [5.74, 6) is 0.359. The molecule has 2 fully saturated rings. The number of rotatable bonds is 1. The lowest BCUT2D eigenvalue weighted by molar-refractivity contribution is -0.121. The van der Waals surface area contributed by atoms with Crippen LogP contribution >= 0.6 is 11.8 Å². The van der Waals surface area contributed by atoms with E-state index in [4.69, 9.17) is 17.5 Å². The number of piperidine rings is 1. The van der Waals surface area contributed by atoms with Crippen molar-refractivity contribution in [1.82, 2.24) is 4.42 Å². The van der Waals surface area contributed by atoms with Gasteiger partial charge in [0.25, 0.3) is 0 Å². The highest BCUT2D eigenvalue weighted by Crippen LogP contribution is 2.48. The molecule has 1 unspecified atom stereocenters. The van der Waals surface area contributed by atoms with Gasteiger partial charge in [-0.2, -0.15) is 0 Å². The monoisotopic (exact) mass is 160 g/mol. The van der Waals surface area contributed by atoms with Crippen molar-refractivity contribution >= 4 is 17.7 Å². The zero-order valence-corrected chi connectivity index (χ0v) is 6.21. The molecule has 1 aliphatic heterocycles. The number of halogens is 1. The molecule has 2 N–H and O–H groups in total. The van der Waals surface area contributed by atoms with Crippen molar-refractivity contribution in [3.05, 3.63) is 0 Å². The average molecular weight is 161 g/mol. The molecule has 0 aromatic carbocycles. The molecule has 1 saturated heterocycles. The van der Waals surface area contributed by atoms with Crippen LogP contribution in [0.1, 0.15) is 12.8 Å². The molecule has 1 amide bonds. The van der Waals surface area contributed by atoms with Crippen LogP contribution in [0.3, 0.4) is 0 Å². The SMILES string of the molecule is NC(=O)[C@@H]1C[C@@H]2CC2N1Cl. The molecule has 3 nitrogen and oxygen atoms in total. The molecule has 0 aromatic heterocycles. The quantitative estimate of drug-likeness (QED) is 0.553. The van der Waals surface area contributed by atoms with Gasteiger partial charge in [0.05, 0.1) is 0 Å². The van der Waals surface area contributed by atoms with Crippen molar-refractivity contribution < 1.29 is 4.79 Å². The third-order valence-corrected chi connectivity index (χ3v) is 2.84. The molecule has 0 aromatic rings. The van der Waals surface area contributed by atoms with E-state index in [0.29, 0.717) is 12.0 Å². The summed E-state index contributed by atoms with van der Waals surface area (Å²) in [5.41, 5.74) is 5.11. The summed E-state index contributed by atoms with van der Waals surface area (Å²) in [4.78, 5) is 10.7. The first-order chi connectivity index (χ1) is 4.70. The molecule has 56 valence electrons. The number of carbonyl (C=O) groups is 1. The van der Waals surface area contributed by atoms with Crippen LogP contribution in [0.25, 0.3) is 0 Å². The second-order valence-electron chi connectivity index (χ2n) is 3.06. The van der Waals surface area contributed by atoms with Gasteiger partial charge in [0.1, 0.15) is 6.04 Å². The lowest BCUT2D eigenvalue weighted by Gasteiger charge is -2.15. The Bertz CT molecular complexity index is 185. The molecular weight excluding hydrogens is 152 g/mol. The minimum atomic E-state index is -0.290. The summed E-state index contributed by atoms with van der Waals surface area (Å²) in [7, 11) is 0. The zero-order chi connectivity index (χ0) is 7.30. The molecule has 10 heavy (non-hydrogen) atoms. The maximum absolute atomic E-state index is 10.7. The molecule has 2 rings (SSSR count). The topological polar surface area (TPSA) is 46.3 Å². The number of carbonyl (C=O) groups excluding carboxylic acids is 1. The third-order valence-electron chi connectivity index (χ3n) is 2.35. The summed E-state index contributed by atoms with van der Waals surface area (Å²) in [6.45, 7) is 0. The van der Waals surface area contributed by atoms with Gasteiger partial charge in [-0.3, -0.25) is 4.79 Å². The first-order valence-electron chi connectivity index (χ1n) is 3.43. The molecular formula is C6H9ClN2O. The standard InChI is InChI=1S/C6H9ClN2O/c7-9-4-1-3(4)2-5(9)6(8)10/h3-5H,1-2H2,(H2,8,10)/t3-,4?,5-/m0/s1. The maximum atomic E-state index is 10.7. The van der Waals surface area contributed by atoms with E-state index in [0.717, 1.165) is 12.8 Å². The Hall–Kier alpha value is -0.280. The molecule has 2 aliphatic rings. The molecule has 1 aliphatic carbocycles. The van der Waals surface area contributed by atoms with Crippen LogP contribution in [-0.2, 0) is 4.79 Å². The molecule has 0 radical (unpaired) electrons. The van der Waals surface area contributed by atoms with E-state index in [1.807, 2.05) is 0 Å². The second-order valence-corrected chi connectivity index (χ2v) is 3.45. The molecule has 1 saturated carbocycles. The number of hydrogen-bond acceptors (Lipinski definition) is 2. The number of nitrogens with zero attached hydrogens (tertiary/aromatic N) is 1. The Labute approximate surface area is 64.2 Å². The summed E-state index contributed by atoms with van der Waals surface area (Å²) in [6, 6.07) is 0.240. The number of fused-ring (bicyclic) bond motifs is 1. The number of hydrogen-bond donors (Lipinski definition) is 1. The molecule has 4 heteroatoms. The highest BCUT2D eigenvalue weighted by molar-refractivity contribution is 6.15. The van der Waals surface area contributed by atoms with Crippen molar-refractivity contribution in [2.75, 3.05) is 0 Å². The Morgan fingerprint density at radius 1 is 1.60 bits per heavy atom. The van der Waals surface area contributed by atoms with Crippen molar-refractivity contribution in [2.45, 2.75) is 24.9 Å². The normalized spacial score (nSPS) is 45.1. The lowest BCUT2D eigenvalue weighted by atomic mass is 10.2. The second kappa shape index (κ2) is 1.86. The first kappa shape index (κ1) is 6.43. The van der Waals surface area contributed by atoms with Gasteiger partial charge >= 0.3 is 0 Å². The maximum Gasteiger partial charge on any atom is 0.236 e. The molecule has 1 heterocycles. The predicted molar refractivity (Wildman–Crippen MR) is 37.2 cm³/mol. The van der Waals surface area contributed by atoms with E-state index >= 15 is 0 Å². The van der Waals surface area contributed by atoms with E-state index in [1.165, 1.54) is 0 Å². The Balaban J connectivity index is 2.07. The Morgan fingerprint density at radius 3 is 2.60 bits per heavy atom. The van der Waals surface area contributed by atoms with Crippen LogP contribution in [0.15, 0.2) is 0 Å². The van der Waals surface area contributed by atoms with E-state index in [2.05, 4.69) is 0 Å². The fourth-order valence-corrected chi connectivity index (χ4v) is 2.06. The van der Waals surface area contributed by atoms with Crippen LogP contribution < -0.4 is 5.73 Å². The molecule has 0 bridgehead atoms. The largest absolute Gasteiger partial charge is 0.368 e. The van der Waals surface area contributed by atoms with Crippen molar-refractivity contribution in [1.29, 1.82) is 0 Å². The van der Waals surface area contributed by atoms with Crippen LogP contribution in [0.2, 0.25) is 0 Å². The minimum Gasteiger partial charge on any atom is -0.368 e. The van der Waals surface area contributed by atoms with Gasteiger partial charge < -0.3 is 5.73 Å². The van der Waals surface area contributed by atoms with Gasteiger partial charge in [-0.25, -0.2) is 4.42 Å². The van der Waals surface area contributed by atoms with E-state index in [1.54, 1.807) is 4.42 Å². The highest BCUT2D eigenvalue weighted by Gasteiger charge is 2.53. The number of nitrogens with two attached hydrogens (primary N) is 1. The van der Waals surface area contributed by atoms with Gasteiger partial charge in [-0.15, -0.1) is 0 Å². The van der Waals surface area contributed by atoms with Gasteiger partial charge in [0.15, 0.2) is 0 Å². The van der Waals surface area contributed by atoms with Crippen LogP contribution in [0.4, 0.5) is 0 Å². The van der Waals surface area contributed by atoms with Gasteiger partial charge in [-0.1, -0.05) is 0 Å². The summed E-state index contributed by atoms with van der Waals surface area (Å²) in [5, 5.41) is 0. The predicted octanol–water partition coefficient (Wildman–Crippen LogP) is 0.0883. The summed E-state index contributed by atoms with van der Waals surface area (Å²) >= 11 is 5.80. The van der Waals surface area contributed by atoms with Gasteiger partial charge in [0.2, 0.25) is 5.91 Å². The van der Waals surface area contributed by atoms with E-state index in [9.17, 15) is 4.79 Å². The minimum absolute atomic E-state index is 0.203. The lowest BCUT2D eigenvalue weighted by Crippen LogP contribution is -2.37. The van der Waals surface area contributed by atoms with Crippen molar-refractivity contribution in [3.8, 4) is 0 Å². The van der Waals surface area contributed by atoms with E-state index < -0.39 is 0 Å². The third kappa shape index (κ3) is 0.739. The fourth-order valence-electron chi connectivity index (χ4n) is 1.64. The fraction of sp³-hybridized carbons (Fsp3) is 0.833. The van der Waals surface area contributed by atoms with Crippen LogP contribution in [0, 0.1) is 5.92 Å².